The third-order valence-corrected chi connectivity index (χ3v) is 5.09. The summed E-state index contributed by atoms with van der Waals surface area (Å²) in [5.74, 6) is 0.0570. The number of hydrogen-bond donors (Lipinski definition) is 1. The molecule has 0 bridgehead atoms. The van der Waals surface area contributed by atoms with Crippen LogP contribution in [0.15, 0.2) is 18.2 Å². The molecular formula is C18H25Cl2NO2. The van der Waals surface area contributed by atoms with Crippen molar-refractivity contribution in [2.75, 3.05) is 19.8 Å². The second-order valence-corrected chi connectivity index (χ2v) is 6.98. The van der Waals surface area contributed by atoms with E-state index in [0.717, 1.165) is 18.4 Å². The van der Waals surface area contributed by atoms with Crippen LogP contribution in [0.2, 0.25) is 10.0 Å². The van der Waals surface area contributed by atoms with Crippen molar-refractivity contribution in [1.29, 1.82) is 0 Å². The van der Waals surface area contributed by atoms with Gasteiger partial charge >= 0.3 is 0 Å². The Balaban J connectivity index is 2.13. The smallest absolute Gasteiger partial charge is 0.230 e. The molecule has 1 heterocycles. The lowest BCUT2D eigenvalue weighted by Crippen LogP contribution is -2.48. The Bertz CT molecular complexity index is 528. The molecule has 1 aliphatic rings. The second kappa shape index (κ2) is 8.91. The van der Waals surface area contributed by atoms with Gasteiger partial charge in [0.05, 0.1) is 5.41 Å². The molecule has 0 radical (unpaired) electrons. The van der Waals surface area contributed by atoms with Gasteiger partial charge in [-0.25, -0.2) is 0 Å². The highest BCUT2D eigenvalue weighted by Gasteiger charge is 2.42. The summed E-state index contributed by atoms with van der Waals surface area (Å²) in [6.07, 6.45) is 5.85. The van der Waals surface area contributed by atoms with Gasteiger partial charge in [0.1, 0.15) is 0 Å². The van der Waals surface area contributed by atoms with Crippen LogP contribution in [0.3, 0.4) is 0 Å². The quantitative estimate of drug-likeness (QED) is 0.715. The first kappa shape index (κ1) is 18.6. The van der Waals surface area contributed by atoms with Gasteiger partial charge in [0.2, 0.25) is 5.91 Å². The van der Waals surface area contributed by atoms with Crippen molar-refractivity contribution in [1.82, 2.24) is 5.32 Å². The van der Waals surface area contributed by atoms with Crippen LogP contribution in [0.4, 0.5) is 0 Å². The van der Waals surface area contributed by atoms with Crippen molar-refractivity contribution < 1.29 is 9.53 Å². The van der Waals surface area contributed by atoms with E-state index in [1.165, 1.54) is 12.8 Å². The Morgan fingerprint density at radius 3 is 2.61 bits per heavy atom. The van der Waals surface area contributed by atoms with Gasteiger partial charge in [0.15, 0.2) is 0 Å². The molecule has 2 rings (SSSR count). The van der Waals surface area contributed by atoms with Crippen molar-refractivity contribution >= 4 is 29.1 Å². The lowest BCUT2D eigenvalue weighted by Gasteiger charge is -2.37. The number of nitrogens with one attached hydrogen (secondary N) is 1. The molecule has 0 aliphatic carbocycles. The van der Waals surface area contributed by atoms with Crippen molar-refractivity contribution in [3.05, 3.63) is 33.8 Å². The minimum absolute atomic E-state index is 0.0570. The van der Waals surface area contributed by atoms with Gasteiger partial charge in [0.25, 0.3) is 0 Å². The third-order valence-electron chi connectivity index (χ3n) is 4.54. The number of rotatable bonds is 7. The van der Waals surface area contributed by atoms with E-state index in [1.807, 2.05) is 6.07 Å². The monoisotopic (exact) mass is 357 g/mol. The summed E-state index contributed by atoms with van der Waals surface area (Å²) in [4.78, 5) is 12.9. The van der Waals surface area contributed by atoms with Gasteiger partial charge in [-0.15, -0.1) is 0 Å². The van der Waals surface area contributed by atoms with Gasteiger partial charge in [-0.2, -0.15) is 0 Å². The molecule has 1 aromatic rings. The number of hydrogen-bond acceptors (Lipinski definition) is 2. The fourth-order valence-electron chi connectivity index (χ4n) is 3.14. The highest BCUT2D eigenvalue weighted by atomic mass is 35.5. The number of carbonyl (C=O) groups excluding carboxylic acids is 1. The van der Waals surface area contributed by atoms with Gasteiger partial charge < -0.3 is 10.1 Å². The third kappa shape index (κ3) is 4.62. The molecule has 23 heavy (non-hydrogen) atoms. The van der Waals surface area contributed by atoms with E-state index in [-0.39, 0.29) is 5.91 Å². The van der Waals surface area contributed by atoms with E-state index in [1.54, 1.807) is 12.1 Å². The second-order valence-electron chi connectivity index (χ2n) is 6.14. The molecule has 0 atom stereocenters. The Morgan fingerprint density at radius 1 is 1.22 bits per heavy atom. The molecule has 5 heteroatoms. The molecule has 1 aromatic carbocycles. The average Bonchev–Trinajstić information content (AvgIpc) is 2.55. The van der Waals surface area contributed by atoms with Crippen molar-refractivity contribution in [2.45, 2.75) is 50.9 Å². The molecule has 0 spiro atoms. The summed E-state index contributed by atoms with van der Waals surface area (Å²) >= 11 is 12.4. The Kier molecular flexibility index (Phi) is 7.19. The molecule has 128 valence electrons. The largest absolute Gasteiger partial charge is 0.381 e. The topological polar surface area (TPSA) is 38.3 Å². The van der Waals surface area contributed by atoms with Gasteiger partial charge in [0, 0.05) is 29.8 Å². The first-order valence-corrected chi connectivity index (χ1v) is 9.17. The van der Waals surface area contributed by atoms with Crippen LogP contribution in [-0.2, 0) is 14.9 Å². The molecule has 1 aliphatic heterocycles. The van der Waals surface area contributed by atoms with Crippen molar-refractivity contribution in [3.8, 4) is 0 Å². The number of ether oxygens (including phenoxy) is 1. The minimum atomic E-state index is -0.606. The summed E-state index contributed by atoms with van der Waals surface area (Å²) in [7, 11) is 0. The number of carbonyl (C=O) groups is 1. The van der Waals surface area contributed by atoms with Crippen LogP contribution < -0.4 is 5.32 Å². The number of halogens is 2. The average molecular weight is 358 g/mol. The highest BCUT2D eigenvalue weighted by molar-refractivity contribution is 6.35. The zero-order valence-electron chi connectivity index (χ0n) is 13.7. The van der Waals surface area contributed by atoms with E-state index in [0.29, 0.717) is 42.6 Å². The van der Waals surface area contributed by atoms with E-state index in [4.69, 9.17) is 27.9 Å². The van der Waals surface area contributed by atoms with E-state index in [9.17, 15) is 4.79 Å². The summed E-state index contributed by atoms with van der Waals surface area (Å²) in [5, 5.41) is 4.25. The van der Waals surface area contributed by atoms with E-state index < -0.39 is 5.41 Å². The fourth-order valence-corrected chi connectivity index (χ4v) is 3.73. The summed E-state index contributed by atoms with van der Waals surface area (Å²) in [5.41, 5.74) is 0.253. The van der Waals surface area contributed by atoms with Crippen LogP contribution in [0.25, 0.3) is 0 Å². The van der Waals surface area contributed by atoms with Crippen LogP contribution in [0.1, 0.15) is 51.0 Å². The predicted octanol–water partition coefficient (Wildman–Crippen LogP) is 4.74. The standard InChI is InChI=1S/C18H25Cl2NO2/c1-2-3-4-5-10-21-17(22)18(8-11-23-12-9-18)15-7-6-14(19)13-16(15)20/h6-7,13H,2-5,8-12H2,1H3,(H,21,22). The Labute approximate surface area is 148 Å². The maximum absolute atomic E-state index is 12.9. The number of unbranched alkanes of at least 4 members (excludes halogenated alkanes) is 3. The number of amides is 1. The first-order valence-electron chi connectivity index (χ1n) is 8.42. The minimum Gasteiger partial charge on any atom is -0.381 e. The van der Waals surface area contributed by atoms with Crippen LogP contribution in [0.5, 0.6) is 0 Å². The fraction of sp³-hybridized carbons (Fsp3) is 0.611. The van der Waals surface area contributed by atoms with Crippen LogP contribution in [0, 0.1) is 0 Å². The van der Waals surface area contributed by atoms with Crippen molar-refractivity contribution in [3.63, 3.8) is 0 Å². The lowest BCUT2D eigenvalue weighted by molar-refractivity contribution is -0.130. The molecule has 1 fully saturated rings. The lowest BCUT2D eigenvalue weighted by atomic mass is 9.73. The number of benzene rings is 1. The van der Waals surface area contributed by atoms with Crippen LogP contribution >= 0.6 is 23.2 Å². The maximum atomic E-state index is 12.9. The molecule has 1 saturated heterocycles. The Hall–Kier alpha value is -0.770. The zero-order chi connectivity index (χ0) is 16.7. The van der Waals surface area contributed by atoms with Gasteiger partial charge in [-0.3, -0.25) is 4.79 Å². The molecule has 3 nitrogen and oxygen atoms in total. The summed E-state index contributed by atoms with van der Waals surface area (Å²) < 4.78 is 5.47. The van der Waals surface area contributed by atoms with E-state index >= 15 is 0 Å². The maximum Gasteiger partial charge on any atom is 0.230 e. The summed E-state index contributed by atoms with van der Waals surface area (Å²) in [6.45, 7) is 4.04. The zero-order valence-corrected chi connectivity index (χ0v) is 15.2. The SMILES string of the molecule is CCCCCCNC(=O)C1(c2ccc(Cl)cc2Cl)CCOCC1. The van der Waals surface area contributed by atoms with Crippen molar-refractivity contribution in [2.24, 2.45) is 0 Å². The Morgan fingerprint density at radius 2 is 1.96 bits per heavy atom. The first-order chi connectivity index (χ1) is 11.1. The van der Waals surface area contributed by atoms with E-state index in [2.05, 4.69) is 12.2 Å². The molecule has 0 aromatic heterocycles. The molecule has 0 saturated carbocycles. The van der Waals surface area contributed by atoms with Gasteiger partial charge in [-0.05, 0) is 37.0 Å². The summed E-state index contributed by atoms with van der Waals surface area (Å²) in [6, 6.07) is 5.39. The molecule has 1 N–H and O–H groups in total. The predicted molar refractivity (Wildman–Crippen MR) is 95.3 cm³/mol. The normalized spacial score (nSPS) is 17.0. The molecule has 1 amide bonds. The van der Waals surface area contributed by atoms with Gasteiger partial charge in [-0.1, -0.05) is 55.5 Å². The highest BCUT2D eigenvalue weighted by Crippen LogP contribution is 2.39. The van der Waals surface area contributed by atoms with Crippen LogP contribution in [-0.4, -0.2) is 25.7 Å². The molecular weight excluding hydrogens is 333 g/mol. The molecule has 0 unspecified atom stereocenters.